The van der Waals surface area contributed by atoms with Gasteiger partial charge in [0.1, 0.15) is 25.0 Å². The van der Waals surface area contributed by atoms with Gasteiger partial charge in [0.25, 0.3) is 0 Å². The predicted molar refractivity (Wildman–Crippen MR) is 76.2 cm³/mol. The molecule has 2 aromatic carbocycles. The number of esters is 1. The highest BCUT2D eigenvalue weighted by molar-refractivity contribution is 5.75. The molecule has 0 fully saturated rings. The Morgan fingerprint density at radius 1 is 1.00 bits per heavy atom. The molecule has 0 aliphatic rings. The number of rotatable bonds is 6. The van der Waals surface area contributed by atoms with Gasteiger partial charge in [-0.3, -0.25) is 4.79 Å². The summed E-state index contributed by atoms with van der Waals surface area (Å²) in [6.45, 7) is 0.316. The van der Waals surface area contributed by atoms with Crippen molar-refractivity contribution in [1.82, 2.24) is 0 Å². The third-order valence-electron chi connectivity index (χ3n) is 2.70. The fourth-order valence-electron chi connectivity index (χ4n) is 1.61. The maximum atomic E-state index is 11.7. The van der Waals surface area contributed by atoms with E-state index in [0.29, 0.717) is 5.75 Å². The Morgan fingerprint density at radius 2 is 1.60 bits per heavy atom. The zero-order valence-corrected chi connectivity index (χ0v) is 11.1. The molecular weight excluding hydrogens is 254 g/mol. The molecule has 1 unspecified atom stereocenters. The number of hydrogen-bond acceptors (Lipinski definition) is 4. The molecule has 0 amide bonds. The first-order chi connectivity index (χ1) is 9.75. The summed E-state index contributed by atoms with van der Waals surface area (Å²) in [5.74, 6) is 0.212. The monoisotopic (exact) mass is 271 g/mol. The first-order valence-corrected chi connectivity index (χ1v) is 6.39. The Labute approximate surface area is 118 Å². The van der Waals surface area contributed by atoms with E-state index in [9.17, 15) is 4.79 Å². The van der Waals surface area contributed by atoms with E-state index < -0.39 is 12.0 Å². The molecule has 0 bridgehead atoms. The Hall–Kier alpha value is -2.33. The summed E-state index contributed by atoms with van der Waals surface area (Å²) in [6, 6.07) is 17.9. The van der Waals surface area contributed by atoms with Crippen molar-refractivity contribution in [1.29, 1.82) is 0 Å². The Balaban J connectivity index is 1.75. The van der Waals surface area contributed by atoms with E-state index in [0.717, 1.165) is 5.56 Å². The summed E-state index contributed by atoms with van der Waals surface area (Å²) >= 11 is 0. The number of benzene rings is 2. The minimum Gasteiger partial charge on any atom is -0.491 e. The fraction of sp³-hybridized carbons (Fsp3) is 0.188. The lowest BCUT2D eigenvalue weighted by molar-refractivity contribution is -0.147. The van der Waals surface area contributed by atoms with E-state index in [4.69, 9.17) is 15.2 Å². The molecule has 0 radical (unpaired) electrons. The minimum absolute atomic E-state index is 0.0949. The van der Waals surface area contributed by atoms with Crippen LogP contribution in [-0.2, 0) is 16.1 Å². The molecule has 0 aliphatic carbocycles. The molecule has 0 aliphatic heterocycles. The zero-order chi connectivity index (χ0) is 14.2. The topological polar surface area (TPSA) is 61.5 Å². The summed E-state index contributed by atoms with van der Waals surface area (Å²) in [6.07, 6.45) is 0. The van der Waals surface area contributed by atoms with Crippen LogP contribution in [0.15, 0.2) is 60.7 Å². The Morgan fingerprint density at radius 3 is 2.25 bits per heavy atom. The van der Waals surface area contributed by atoms with E-state index in [1.54, 1.807) is 0 Å². The predicted octanol–water partition coefficient (Wildman–Crippen LogP) is 2.14. The van der Waals surface area contributed by atoms with Gasteiger partial charge in [0.2, 0.25) is 0 Å². The van der Waals surface area contributed by atoms with Gasteiger partial charge < -0.3 is 15.2 Å². The normalized spacial score (nSPS) is 11.7. The van der Waals surface area contributed by atoms with E-state index in [1.165, 1.54) is 0 Å². The third kappa shape index (κ3) is 4.40. The van der Waals surface area contributed by atoms with Crippen LogP contribution in [-0.4, -0.2) is 18.6 Å². The zero-order valence-electron chi connectivity index (χ0n) is 11.1. The molecule has 0 spiro atoms. The fourth-order valence-corrected chi connectivity index (χ4v) is 1.61. The van der Waals surface area contributed by atoms with E-state index >= 15 is 0 Å². The van der Waals surface area contributed by atoms with Crippen molar-refractivity contribution in [2.24, 2.45) is 5.73 Å². The van der Waals surface area contributed by atoms with Crippen molar-refractivity contribution in [2.75, 3.05) is 6.61 Å². The van der Waals surface area contributed by atoms with Crippen LogP contribution in [0.1, 0.15) is 5.56 Å². The SMILES string of the molecule is NC(COc1ccccc1)C(=O)OCc1ccccc1. The second-order valence-corrected chi connectivity index (χ2v) is 4.32. The number of hydrogen-bond donors (Lipinski definition) is 1. The average Bonchev–Trinajstić information content (AvgIpc) is 2.52. The molecule has 1 atom stereocenters. The molecule has 2 aromatic rings. The van der Waals surface area contributed by atoms with Crippen LogP contribution >= 0.6 is 0 Å². The molecule has 104 valence electrons. The highest BCUT2D eigenvalue weighted by atomic mass is 16.5. The molecule has 20 heavy (non-hydrogen) atoms. The highest BCUT2D eigenvalue weighted by Gasteiger charge is 2.15. The third-order valence-corrected chi connectivity index (χ3v) is 2.70. The second kappa shape index (κ2) is 7.31. The van der Waals surface area contributed by atoms with Crippen molar-refractivity contribution in [2.45, 2.75) is 12.6 Å². The molecule has 0 aromatic heterocycles. The van der Waals surface area contributed by atoms with Gasteiger partial charge in [-0.15, -0.1) is 0 Å². The van der Waals surface area contributed by atoms with Gasteiger partial charge >= 0.3 is 5.97 Å². The summed E-state index contributed by atoms with van der Waals surface area (Å²) in [5.41, 5.74) is 6.66. The first kappa shape index (κ1) is 14.1. The molecule has 4 nitrogen and oxygen atoms in total. The van der Waals surface area contributed by atoms with E-state index in [-0.39, 0.29) is 13.2 Å². The lowest BCUT2D eigenvalue weighted by atomic mass is 10.2. The summed E-state index contributed by atoms with van der Waals surface area (Å²) in [4.78, 5) is 11.7. The van der Waals surface area contributed by atoms with Crippen molar-refractivity contribution < 1.29 is 14.3 Å². The van der Waals surface area contributed by atoms with Crippen molar-refractivity contribution in [3.63, 3.8) is 0 Å². The van der Waals surface area contributed by atoms with Gasteiger partial charge in [0.05, 0.1) is 0 Å². The molecule has 0 heterocycles. The largest absolute Gasteiger partial charge is 0.491 e. The van der Waals surface area contributed by atoms with Crippen LogP contribution in [0.2, 0.25) is 0 Å². The maximum absolute atomic E-state index is 11.7. The quantitative estimate of drug-likeness (QED) is 0.818. The number of nitrogens with two attached hydrogens (primary N) is 1. The van der Waals surface area contributed by atoms with Crippen LogP contribution in [0.5, 0.6) is 5.75 Å². The highest BCUT2D eigenvalue weighted by Crippen LogP contribution is 2.08. The van der Waals surface area contributed by atoms with Gasteiger partial charge in [-0.2, -0.15) is 0 Å². The summed E-state index contributed by atoms with van der Waals surface area (Å²) < 4.78 is 10.5. The number of carbonyl (C=O) groups excluding carboxylic acids is 1. The molecular formula is C16H17NO3. The van der Waals surface area contributed by atoms with Crippen molar-refractivity contribution >= 4 is 5.97 Å². The van der Waals surface area contributed by atoms with Gasteiger partial charge in [-0.05, 0) is 17.7 Å². The molecule has 0 saturated heterocycles. The van der Waals surface area contributed by atoms with Crippen LogP contribution in [0.3, 0.4) is 0 Å². The standard InChI is InChI=1S/C16H17NO3/c17-15(12-19-14-9-5-2-6-10-14)16(18)20-11-13-7-3-1-4-8-13/h1-10,15H,11-12,17H2. The van der Waals surface area contributed by atoms with Gasteiger partial charge in [-0.1, -0.05) is 48.5 Å². The molecule has 2 N–H and O–H groups in total. The van der Waals surface area contributed by atoms with Gasteiger partial charge in [0, 0.05) is 0 Å². The maximum Gasteiger partial charge on any atom is 0.326 e. The smallest absolute Gasteiger partial charge is 0.326 e. The molecule has 2 rings (SSSR count). The second-order valence-electron chi connectivity index (χ2n) is 4.32. The lowest BCUT2D eigenvalue weighted by Gasteiger charge is -2.12. The van der Waals surface area contributed by atoms with Crippen molar-refractivity contribution in [3.05, 3.63) is 66.2 Å². The summed E-state index contributed by atoms with van der Waals surface area (Å²) in [5, 5.41) is 0. The van der Waals surface area contributed by atoms with E-state index in [2.05, 4.69) is 0 Å². The van der Waals surface area contributed by atoms with Gasteiger partial charge in [-0.25, -0.2) is 0 Å². The Bertz CT molecular complexity index is 528. The lowest BCUT2D eigenvalue weighted by Crippen LogP contribution is -2.37. The minimum atomic E-state index is -0.793. The molecule has 4 heteroatoms. The summed E-state index contributed by atoms with van der Waals surface area (Å²) in [7, 11) is 0. The average molecular weight is 271 g/mol. The van der Waals surface area contributed by atoms with Crippen molar-refractivity contribution in [3.8, 4) is 5.75 Å². The van der Waals surface area contributed by atoms with Gasteiger partial charge in [0.15, 0.2) is 0 Å². The van der Waals surface area contributed by atoms with Crippen LogP contribution < -0.4 is 10.5 Å². The number of ether oxygens (including phenoxy) is 2. The molecule has 0 saturated carbocycles. The van der Waals surface area contributed by atoms with E-state index in [1.807, 2.05) is 60.7 Å². The number of carbonyl (C=O) groups is 1. The van der Waals surface area contributed by atoms with Crippen LogP contribution in [0, 0.1) is 0 Å². The Kier molecular flexibility index (Phi) is 5.15. The van der Waals surface area contributed by atoms with Crippen LogP contribution in [0.4, 0.5) is 0 Å². The number of para-hydroxylation sites is 1. The first-order valence-electron chi connectivity index (χ1n) is 6.39. The van der Waals surface area contributed by atoms with Crippen LogP contribution in [0.25, 0.3) is 0 Å².